The molecule has 1 spiro atoms. The quantitative estimate of drug-likeness (QED) is 0.452. The van der Waals surface area contributed by atoms with Crippen LogP contribution in [0.3, 0.4) is 0 Å². The van der Waals surface area contributed by atoms with Crippen LogP contribution in [0.15, 0.2) is 48.5 Å². The number of amides is 2. The summed E-state index contributed by atoms with van der Waals surface area (Å²) in [6, 6.07) is 9.97. The van der Waals surface area contributed by atoms with Gasteiger partial charge in [-0.25, -0.2) is 4.79 Å². The van der Waals surface area contributed by atoms with Crippen molar-refractivity contribution in [3.8, 4) is 0 Å². The lowest BCUT2D eigenvalue weighted by Gasteiger charge is -2.27. The lowest BCUT2D eigenvalue weighted by Crippen LogP contribution is -2.38. The van der Waals surface area contributed by atoms with E-state index in [9.17, 15) is 35.9 Å². The van der Waals surface area contributed by atoms with Crippen LogP contribution in [0.1, 0.15) is 59.3 Å². The third kappa shape index (κ3) is 5.29. The van der Waals surface area contributed by atoms with E-state index in [2.05, 4.69) is 0 Å². The molecule has 0 aliphatic carbocycles. The third-order valence-electron chi connectivity index (χ3n) is 6.77. The van der Waals surface area contributed by atoms with Crippen LogP contribution < -0.4 is 0 Å². The molecule has 36 heavy (non-hydrogen) atoms. The number of halogens is 6. The van der Waals surface area contributed by atoms with E-state index in [-0.39, 0.29) is 38.2 Å². The fraction of sp³-hybridized carbons (Fsp3) is 0.440. The van der Waals surface area contributed by atoms with Crippen molar-refractivity contribution >= 4 is 12.0 Å². The molecule has 4 rings (SSSR count). The molecule has 0 unspecified atom stereocenters. The van der Waals surface area contributed by atoms with Gasteiger partial charge in [-0.3, -0.25) is 9.69 Å². The van der Waals surface area contributed by atoms with Crippen molar-refractivity contribution < 1.29 is 40.7 Å². The van der Waals surface area contributed by atoms with Crippen LogP contribution in [-0.2, 0) is 17.1 Å². The molecule has 2 amide bonds. The monoisotopic (exact) mass is 514 g/mol. The molecule has 0 aromatic heterocycles. The molecule has 0 saturated carbocycles. The maximum Gasteiger partial charge on any atom is 0.416 e. The van der Waals surface area contributed by atoms with Crippen molar-refractivity contribution in [2.75, 3.05) is 19.6 Å². The van der Waals surface area contributed by atoms with Crippen LogP contribution in [0, 0.1) is 0 Å². The number of nitrogens with zero attached hydrogens (tertiary/aromatic N) is 2. The van der Waals surface area contributed by atoms with Crippen molar-refractivity contribution in [2.45, 2.75) is 50.2 Å². The van der Waals surface area contributed by atoms with E-state index in [4.69, 9.17) is 4.74 Å². The predicted molar refractivity (Wildman–Crippen MR) is 117 cm³/mol. The summed E-state index contributed by atoms with van der Waals surface area (Å²) in [6.07, 6.45) is -9.59. The highest BCUT2D eigenvalue weighted by Crippen LogP contribution is 2.39. The van der Waals surface area contributed by atoms with Crippen LogP contribution >= 0.6 is 0 Å². The summed E-state index contributed by atoms with van der Waals surface area (Å²) in [5.41, 5.74) is -3.73. The Morgan fingerprint density at radius 1 is 0.944 bits per heavy atom. The van der Waals surface area contributed by atoms with E-state index in [1.165, 1.54) is 4.90 Å². The zero-order valence-electron chi connectivity index (χ0n) is 19.3. The highest BCUT2D eigenvalue weighted by Gasteiger charge is 2.48. The topological polar surface area (TPSA) is 49.9 Å². The summed E-state index contributed by atoms with van der Waals surface area (Å²) in [7, 11) is 0. The van der Waals surface area contributed by atoms with E-state index in [0.29, 0.717) is 25.0 Å². The third-order valence-corrected chi connectivity index (χ3v) is 6.77. The Hall–Kier alpha value is -3.24. The number of rotatable bonds is 3. The molecule has 2 aliphatic rings. The second-order valence-electron chi connectivity index (χ2n) is 9.21. The van der Waals surface area contributed by atoms with Crippen LogP contribution in [-0.4, -0.2) is 47.0 Å². The molecule has 5 nitrogen and oxygen atoms in total. The molecule has 0 N–H and O–H groups in total. The maximum absolute atomic E-state index is 13.2. The second kappa shape index (κ2) is 9.33. The van der Waals surface area contributed by atoms with Gasteiger partial charge in [0.05, 0.1) is 23.7 Å². The van der Waals surface area contributed by atoms with Crippen LogP contribution in [0.4, 0.5) is 31.1 Å². The van der Waals surface area contributed by atoms with Crippen molar-refractivity contribution in [2.24, 2.45) is 0 Å². The molecule has 2 fully saturated rings. The fourth-order valence-corrected chi connectivity index (χ4v) is 4.75. The molecular weight excluding hydrogens is 490 g/mol. The number of likely N-dealkylation sites (tertiary alicyclic amines) is 1. The van der Waals surface area contributed by atoms with E-state index in [1.807, 2.05) is 37.3 Å². The van der Waals surface area contributed by atoms with Gasteiger partial charge in [0.2, 0.25) is 0 Å². The van der Waals surface area contributed by atoms with E-state index in [0.717, 1.165) is 5.56 Å². The Labute approximate surface area is 203 Å². The van der Waals surface area contributed by atoms with E-state index in [1.54, 1.807) is 4.90 Å². The summed E-state index contributed by atoms with van der Waals surface area (Å²) in [6.45, 7) is 2.28. The minimum absolute atomic E-state index is 0.00529. The molecule has 194 valence electrons. The van der Waals surface area contributed by atoms with Gasteiger partial charge in [-0.2, -0.15) is 26.3 Å². The number of carbonyl (C=O) groups excluding carboxylic acids is 2. The Morgan fingerprint density at radius 2 is 1.56 bits per heavy atom. The van der Waals surface area contributed by atoms with Crippen molar-refractivity contribution in [3.05, 3.63) is 70.8 Å². The van der Waals surface area contributed by atoms with Crippen LogP contribution in [0.25, 0.3) is 0 Å². The van der Waals surface area contributed by atoms with Gasteiger partial charge < -0.3 is 9.64 Å². The van der Waals surface area contributed by atoms with E-state index >= 15 is 0 Å². The SMILES string of the molecule is C[C@@H](c1ccccc1)N1C[C@@]2(CCCN(C(=O)c3cc(C(F)(F)F)cc(C(F)(F)F)c3)CC2)OC1=O. The molecule has 2 heterocycles. The van der Waals surface area contributed by atoms with Crippen molar-refractivity contribution in [3.63, 3.8) is 0 Å². The smallest absolute Gasteiger partial charge is 0.416 e. The minimum Gasteiger partial charge on any atom is -0.441 e. The molecule has 2 saturated heterocycles. The van der Waals surface area contributed by atoms with Gasteiger partial charge in [-0.15, -0.1) is 0 Å². The number of alkyl halides is 6. The van der Waals surface area contributed by atoms with E-state index < -0.39 is 46.6 Å². The first-order valence-electron chi connectivity index (χ1n) is 11.4. The standard InChI is InChI=1S/C25H24F6N2O3/c1-16(17-6-3-2-4-7-17)33-15-23(36-22(33)35)8-5-10-32(11-9-23)21(34)18-12-19(24(26,27)28)14-20(13-18)25(29,30)31/h2-4,6-7,12-14,16H,5,8-11,15H2,1H3/t16-,23-/m0/s1. The molecule has 11 heteroatoms. The Balaban J connectivity index is 1.52. The van der Waals surface area contributed by atoms with Crippen molar-refractivity contribution in [1.29, 1.82) is 0 Å². The normalized spacial score (nSPS) is 21.9. The van der Waals surface area contributed by atoms with Gasteiger partial charge in [0.1, 0.15) is 5.60 Å². The molecule has 0 bridgehead atoms. The van der Waals surface area contributed by atoms with Gasteiger partial charge in [-0.05, 0) is 43.5 Å². The first-order chi connectivity index (χ1) is 16.8. The molecule has 0 radical (unpaired) electrons. The van der Waals surface area contributed by atoms with Gasteiger partial charge in [0, 0.05) is 25.1 Å². The highest BCUT2D eigenvalue weighted by molar-refractivity contribution is 5.94. The molecule has 2 aromatic rings. The lowest BCUT2D eigenvalue weighted by atomic mass is 9.94. The minimum atomic E-state index is -5.05. The molecule has 2 atom stereocenters. The molecule has 2 aliphatic heterocycles. The average molecular weight is 514 g/mol. The zero-order chi connectivity index (χ0) is 26.3. The molecular formula is C25H24F6N2O3. The summed E-state index contributed by atoms with van der Waals surface area (Å²) >= 11 is 0. The first kappa shape index (κ1) is 25.8. The van der Waals surface area contributed by atoms with Gasteiger partial charge in [-0.1, -0.05) is 30.3 Å². The summed E-state index contributed by atoms with van der Waals surface area (Å²) in [5.74, 6) is -0.928. The van der Waals surface area contributed by atoms with Gasteiger partial charge in [0.15, 0.2) is 0 Å². The largest absolute Gasteiger partial charge is 0.441 e. The zero-order valence-corrected chi connectivity index (χ0v) is 19.3. The predicted octanol–water partition coefficient (Wildman–Crippen LogP) is 6.30. The summed E-state index contributed by atoms with van der Waals surface area (Å²) in [5, 5.41) is 0. The Kier molecular flexibility index (Phi) is 6.70. The average Bonchev–Trinajstić information content (AvgIpc) is 3.01. The van der Waals surface area contributed by atoms with Gasteiger partial charge >= 0.3 is 18.4 Å². The Bertz CT molecular complexity index is 1100. The Morgan fingerprint density at radius 3 is 2.14 bits per heavy atom. The number of carbonyl (C=O) groups is 2. The van der Waals surface area contributed by atoms with Crippen molar-refractivity contribution in [1.82, 2.24) is 9.80 Å². The summed E-state index contributed by atoms with van der Waals surface area (Å²) in [4.78, 5) is 28.5. The fourth-order valence-electron chi connectivity index (χ4n) is 4.75. The number of hydrogen-bond acceptors (Lipinski definition) is 3. The second-order valence-corrected chi connectivity index (χ2v) is 9.21. The number of benzene rings is 2. The summed E-state index contributed by atoms with van der Waals surface area (Å²) < 4.78 is 85.1. The van der Waals surface area contributed by atoms with Crippen LogP contribution in [0.5, 0.6) is 0 Å². The first-order valence-corrected chi connectivity index (χ1v) is 11.4. The lowest BCUT2D eigenvalue weighted by molar-refractivity contribution is -0.143. The highest BCUT2D eigenvalue weighted by atomic mass is 19.4. The number of hydrogen-bond donors (Lipinski definition) is 0. The maximum atomic E-state index is 13.2. The number of ether oxygens (including phenoxy) is 1. The van der Waals surface area contributed by atoms with Crippen LogP contribution in [0.2, 0.25) is 0 Å². The molecule has 2 aromatic carbocycles. The van der Waals surface area contributed by atoms with Gasteiger partial charge in [0.25, 0.3) is 5.91 Å².